The monoisotopic (exact) mass is 293 g/mol. The Kier molecular flexibility index (Phi) is 4.23. The van der Waals surface area contributed by atoms with E-state index in [-0.39, 0.29) is 4.90 Å². The molecule has 0 saturated carbocycles. The fourth-order valence-corrected chi connectivity index (χ4v) is 2.53. The second-order valence-electron chi connectivity index (χ2n) is 5.28. The number of hydrogen-bond acceptors (Lipinski definition) is 5. The van der Waals surface area contributed by atoms with Gasteiger partial charge in [-0.15, -0.1) is 0 Å². The zero-order valence-electron chi connectivity index (χ0n) is 11.9. The summed E-state index contributed by atoms with van der Waals surface area (Å²) in [5, 5.41) is 3.99. The molecule has 0 amide bonds. The van der Waals surface area contributed by atoms with Crippen molar-refractivity contribution in [1.29, 1.82) is 0 Å². The molecule has 0 atom stereocenters. The van der Waals surface area contributed by atoms with E-state index >= 15 is 0 Å². The minimum atomic E-state index is -3.23. The van der Waals surface area contributed by atoms with Crippen molar-refractivity contribution < 1.29 is 8.42 Å². The van der Waals surface area contributed by atoms with Gasteiger partial charge in [-0.2, -0.15) is 0 Å². The van der Waals surface area contributed by atoms with Gasteiger partial charge in [0.15, 0.2) is 9.84 Å². The molecule has 5 nitrogen and oxygen atoms in total. The number of nitrogens with zero attached hydrogens (tertiary/aromatic N) is 2. The molecular weight excluding hydrogens is 274 g/mol. The predicted octanol–water partition coefficient (Wildman–Crippen LogP) is 2.49. The van der Waals surface area contributed by atoms with Crippen LogP contribution in [0.25, 0.3) is 10.9 Å². The van der Waals surface area contributed by atoms with Crippen molar-refractivity contribution in [2.24, 2.45) is 5.92 Å². The van der Waals surface area contributed by atoms with Crippen molar-refractivity contribution >= 4 is 26.6 Å². The number of hydrogen-bond donors (Lipinski definition) is 1. The maximum Gasteiger partial charge on any atom is 0.175 e. The molecule has 2 aromatic rings. The second kappa shape index (κ2) is 5.75. The SMILES string of the molecule is CC(C)CCNc1ncnc2ccc(S(C)(=O)=O)cc12. The second-order valence-corrected chi connectivity index (χ2v) is 7.30. The zero-order chi connectivity index (χ0) is 14.8. The van der Waals surface area contributed by atoms with Gasteiger partial charge in [0.1, 0.15) is 12.1 Å². The van der Waals surface area contributed by atoms with Gasteiger partial charge < -0.3 is 5.32 Å². The van der Waals surface area contributed by atoms with Gasteiger partial charge in [0.25, 0.3) is 0 Å². The van der Waals surface area contributed by atoms with E-state index in [0.717, 1.165) is 23.9 Å². The lowest BCUT2D eigenvalue weighted by atomic mass is 10.1. The van der Waals surface area contributed by atoms with E-state index in [1.807, 2.05) is 0 Å². The summed E-state index contributed by atoms with van der Waals surface area (Å²) in [5.74, 6) is 1.28. The molecule has 1 heterocycles. The molecule has 0 saturated heterocycles. The Labute approximate surface area is 119 Å². The molecule has 0 aliphatic heterocycles. The lowest BCUT2D eigenvalue weighted by molar-refractivity contribution is 0.602. The summed E-state index contributed by atoms with van der Waals surface area (Å²) in [7, 11) is -3.23. The van der Waals surface area contributed by atoms with Crippen molar-refractivity contribution in [3.63, 3.8) is 0 Å². The van der Waals surface area contributed by atoms with Crippen LogP contribution in [-0.2, 0) is 9.84 Å². The number of sulfone groups is 1. The molecular formula is C14H19N3O2S. The molecule has 1 N–H and O–H groups in total. The van der Waals surface area contributed by atoms with Crippen LogP contribution in [0.2, 0.25) is 0 Å². The molecule has 0 bridgehead atoms. The quantitative estimate of drug-likeness (QED) is 0.917. The topological polar surface area (TPSA) is 72.0 Å². The molecule has 108 valence electrons. The molecule has 0 aliphatic carbocycles. The molecule has 20 heavy (non-hydrogen) atoms. The van der Waals surface area contributed by atoms with Crippen LogP contribution in [0, 0.1) is 5.92 Å². The van der Waals surface area contributed by atoms with E-state index in [2.05, 4.69) is 29.1 Å². The van der Waals surface area contributed by atoms with Gasteiger partial charge in [-0.1, -0.05) is 13.8 Å². The molecule has 0 aliphatic rings. The van der Waals surface area contributed by atoms with Crippen molar-refractivity contribution in [1.82, 2.24) is 9.97 Å². The normalized spacial score (nSPS) is 12.0. The first-order chi connectivity index (χ1) is 9.38. The van der Waals surface area contributed by atoms with E-state index in [1.165, 1.54) is 12.6 Å². The first kappa shape index (κ1) is 14.7. The van der Waals surface area contributed by atoms with E-state index < -0.39 is 9.84 Å². The molecule has 0 radical (unpaired) electrons. The molecule has 1 aromatic carbocycles. The third-order valence-electron chi connectivity index (χ3n) is 3.05. The van der Waals surface area contributed by atoms with Gasteiger partial charge in [-0.05, 0) is 30.5 Å². The highest BCUT2D eigenvalue weighted by Crippen LogP contribution is 2.23. The van der Waals surface area contributed by atoms with Crippen LogP contribution < -0.4 is 5.32 Å². The average Bonchev–Trinajstić information content (AvgIpc) is 2.37. The Balaban J connectivity index is 2.39. The van der Waals surface area contributed by atoms with Crippen LogP contribution in [0.5, 0.6) is 0 Å². The Morgan fingerprint density at radius 2 is 2.00 bits per heavy atom. The highest BCUT2D eigenvalue weighted by molar-refractivity contribution is 7.90. The largest absolute Gasteiger partial charge is 0.369 e. The van der Waals surface area contributed by atoms with Crippen LogP contribution in [-0.4, -0.2) is 31.2 Å². The van der Waals surface area contributed by atoms with Gasteiger partial charge in [0.05, 0.1) is 10.4 Å². The highest BCUT2D eigenvalue weighted by Gasteiger charge is 2.10. The van der Waals surface area contributed by atoms with E-state index in [0.29, 0.717) is 11.7 Å². The number of fused-ring (bicyclic) bond motifs is 1. The van der Waals surface area contributed by atoms with Crippen molar-refractivity contribution in [2.45, 2.75) is 25.2 Å². The highest BCUT2D eigenvalue weighted by atomic mass is 32.2. The lowest BCUT2D eigenvalue weighted by Gasteiger charge is -2.10. The fraction of sp³-hybridized carbons (Fsp3) is 0.429. The maximum atomic E-state index is 11.6. The number of nitrogens with one attached hydrogen (secondary N) is 1. The summed E-state index contributed by atoms with van der Waals surface area (Å²) in [6.07, 6.45) is 3.71. The van der Waals surface area contributed by atoms with Crippen molar-refractivity contribution in [2.75, 3.05) is 18.1 Å². The van der Waals surface area contributed by atoms with E-state index in [9.17, 15) is 8.42 Å². The molecule has 0 unspecified atom stereocenters. The number of benzene rings is 1. The molecule has 0 spiro atoms. The number of aromatic nitrogens is 2. The Morgan fingerprint density at radius 3 is 2.65 bits per heavy atom. The third kappa shape index (κ3) is 3.45. The number of rotatable bonds is 5. The summed E-state index contributed by atoms with van der Waals surface area (Å²) in [4.78, 5) is 8.66. The summed E-state index contributed by atoms with van der Waals surface area (Å²) in [5.41, 5.74) is 0.736. The summed E-state index contributed by atoms with van der Waals surface area (Å²) < 4.78 is 23.3. The minimum Gasteiger partial charge on any atom is -0.369 e. The van der Waals surface area contributed by atoms with Crippen molar-refractivity contribution in [3.8, 4) is 0 Å². The van der Waals surface area contributed by atoms with Gasteiger partial charge in [0.2, 0.25) is 0 Å². The van der Waals surface area contributed by atoms with E-state index in [1.54, 1.807) is 18.2 Å². The summed E-state index contributed by atoms with van der Waals surface area (Å²) >= 11 is 0. The third-order valence-corrected chi connectivity index (χ3v) is 4.16. The Morgan fingerprint density at radius 1 is 1.25 bits per heavy atom. The van der Waals surface area contributed by atoms with Crippen LogP contribution in [0.15, 0.2) is 29.4 Å². The number of anilines is 1. The average molecular weight is 293 g/mol. The van der Waals surface area contributed by atoms with Crippen LogP contribution in [0.3, 0.4) is 0 Å². The Hall–Kier alpha value is -1.69. The Bertz CT molecular complexity index is 711. The standard InChI is InChI=1S/C14H19N3O2S/c1-10(2)6-7-15-14-12-8-11(20(3,18)19)4-5-13(12)16-9-17-14/h4-5,8-10H,6-7H2,1-3H3,(H,15,16,17). The molecule has 1 aromatic heterocycles. The minimum absolute atomic E-state index is 0.284. The van der Waals surface area contributed by atoms with Crippen LogP contribution in [0.4, 0.5) is 5.82 Å². The smallest absolute Gasteiger partial charge is 0.175 e. The van der Waals surface area contributed by atoms with Crippen molar-refractivity contribution in [3.05, 3.63) is 24.5 Å². The predicted molar refractivity (Wildman–Crippen MR) is 80.6 cm³/mol. The van der Waals surface area contributed by atoms with Gasteiger partial charge >= 0.3 is 0 Å². The first-order valence-corrected chi connectivity index (χ1v) is 8.46. The maximum absolute atomic E-state index is 11.6. The van der Waals surface area contributed by atoms with E-state index in [4.69, 9.17) is 0 Å². The zero-order valence-corrected chi connectivity index (χ0v) is 12.7. The summed E-state index contributed by atoms with van der Waals surface area (Å²) in [6.45, 7) is 5.11. The summed E-state index contributed by atoms with van der Waals surface area (Å²) in [6, 6.07) is 4.91. The van der Waals surface area contributed by atoms with Gasteiger partial charge in [-0.3, -0.25) is 0 Å². The van der Waals surface area contributed by atoms with Crippen LogP contribution >= 0.6 is 0 Å². The first-order valence-electron chi connectivity index (χ1n) is 6.56. The molecule has 2 rings (SSSR count). The van der Waals surface area contributed by atoms with Gasteiger partial charge in [0, 0.05) is 18.2 Å². The van der Waals surface area contributed by atoms with Crippen LogP contribution in [0.1, 0.15) is 20.3 Å². The van der Waals surface area contributed by atoms with Gasteiger partial charge in [-0.25, -0.2) is 18.4 Å². The molecule has 6 heteroatoms. The fourth-order valence-electron chi connectivity index (χ4n) is 1.89. The molecule has 0 fully saturated rings. The lowest BCUT2D eigenvalue weighted by Crippen LogP contribution is -2.07.